The van der Waals surface area contributed by atoms with E-state index in [-0.39, 0.29) is 53.7 Å². The third-order valence-corrected chi connectivity index (χ3v) is 7.59. The van der Waals surface area contributed by atoms with Gasteiger partial charge in [-0.15, -0.1) is 0 Å². The van der Waals surface area contributed by atoms with E-state index in [0.29, 0.717) is 5.82 Å². The van der Waals surface area contributed by atoms with Crippen LogP contribution in [0.25, 0.3) is 5.82 Å². The molecular formula is C19H19Cl2N7O3S. The first-order valence-corrected chi connectivity index (χ1v) is 11.8. The quantitative estimate of drug-likeness (QED) is 0.580. The molecule has 3 heterocycles. The van der Waals surface area contributed by atoms with Crippen LogP contribution in [0.4, 0.5) is 4.79 Å². The standard InChI is InChI=1S/C19H19Cl2N7O3S/c20-15-3-4-16(21)17(10-15)32(30,31)27-8-6-26(7-9-27)19(29)24-11-14-2-1-5-23-18(14)28-13-22-12-25-28/h1-5,10,12-13H,6-9,11H2,(H,24,29). The second kappa shape index (κ2) is 9.41. The lowest BCUT2D eigenvalue weighted by Gasteiger charge is -2.34. The van der Waals surface area contributed by atoms with E-state index in [1.54, 1.807) is 17.2 Å². The number of halogens is 2. The number of hydrogen-bond acceptors (Lipinski definition) is 6. The molecule has 1 aliphatic rings. The topological polar surface area (TPSA) is 113 Å². The zero-order chi connectivity index (χ0) is 22.7. The van der Waals surface area contributed by atoms with E-state index in [0.717, 1.165) is 5.56 Å². The number of aromatic nitrogens is 4. The Bertz CT molecular complexity index is 1210. The number of benzene rings is 1. The summed E-state index contributed by atoms with van der Waals surface area (Å²) in [6, 6.07) is 7.62. The van der Waals surface area contributed by atoms with E-state index in [2.05, 4.69) is 20.4 Å². The van der Waals surface area contributed by atoms with Gasteiger partial charge >= 0.3 is 6.03 Å². The smallest absolute Gasteiger partial charge is 0.317 e. The molecule has 1 saturated heterocycles. The highest BCUT2D eigenvalue weighted by Crippen LogP contribution is 2.28. The number of piperazine rings is 1. The minimum Gasteiger partial charge on any atom is -0.334 e. The molecule has 0 unspecified atom stereocenters. The molecule has 1 N–H and O–H groups in total. The largest absolute Gasteiger partial charge is 0.334 e. The Morgan fingerprint density at radius 3 is 2.62 bits per heavy atom. The van der Waals surface area contributed by atoms with Crippen LogP contribution in [0.2, 0.25) is 10.0 Å². The van der Waals surface area contributed by atoms with Gasteiger partial charge in [0.05, 0.1) is 5.02 Å². The Kier molecular flexibility index (Phi) is 6.60. The van der Waals surface area contributed by atoms with Crippen LogP contribution in [-0.2, 0) is 16.6 Å². The lowest BCUT2D eigenvalue weighted by atomic mass is 10.2. The van der Waals surface area contributed by atoms with Crippen molar-refractivity contribution in [2.24, 2.45) is 0 Å². The van der Waals surface area contributed by atoms with Crippen molar-refractivity contribution in [2.45, 2.75) is 11.4 Å². The normalized spacial score (nSPS) is 15.0. The number of amides is 2. The molecule has 2 aromatic heterocycles. The third kappa shape index (κ3) is 4.70. The van der Waals surface area contributed by atoms with Gasteiger partial charge in [-0.1, -0.05) is 29.3 Å². The van der Waals surface area contributed by atoms with Crippen molar-refractivity contribution in [3.05, 3.63) is 64.8 Å². The molecule has 0 spiro atoms. The summed E-state index contributed by atoms with van der Waals surface area (Å²) in [5.74, 6) is 0.569. The molecule has 3 aromatic rings. The molecule has 0 aliphatic carbocycles. The van der Waals surface area contributed by atoms with E-state index in [1.807, 2.05) is 6.07 Å². The van der Waals surface area contributed by atoms with Crippen LogP contribution in [-0.4, -0.2) is 69.6 Å². The van der Waals surface area contributed by atoms with Crippen molar-refractivity contribution in [1.82, 2.24) is 34.3 Å². The molecule has 32 heavy (non-hydrogen) atoms. The number of sulfonamides is 1. The Morgan fingerprint density at radius 1 is 1.12 bits per heavy atom. The van der Waals surface area contributed by atoms with Crippen LogP contribution in [0.1, 0.15) is 5.56 Å². The van der Waals surface area contributed by atoms with Crippen molar-refractivity contribution in [3.8, 4) is 5.82 Å². The highest BCUT2D eigenvalue weighted by atomic mass is 35.5. The fourth-order valence-corrected chi connectivity index (χ4v) is 5.48. The third-order valence-electron chi connectivity index (χ3n) is 4.97. The van der Waals surface area contributed by atoms with E-state index in [4.69, 9.17) is 23.2 Å². The number of urea groups is 1. The first kappa shape index (κ1) is 22.5. The summed E-state index contributed by atoms with van der Waals surface area (Å²) in [6.45, 7) is 1.02. The molecule has 0 radical (unpaired) electrons. The van der Waals surface area contributed by atoms with E-state index >= 15 is 0 Å². The maximum absolute atomic E-state index is 12.9. The molecule has 0 saturated carbocycles. The molecule has 1 aromatic carbocycles. The Morgan fingerprint density at radius 2 is 1.91 bits per heavy atom. The zero-order valence-corrected chi connectivity index (χ0v) is 19.1. The van der Waals surface area contributed by atoms with Crippen molar-refractivity contribution in [1.29, 1.82) is 0 Å². The highest BCUT2D eigenvalue weighted by Gasteiger charge is 2.31. The van der Waals surface area contributed by atoms with Gasteiger partial charge in [0.15, 0.2) is 5.82 Å². The molecule has 13 heteroatoms. The molecular weight excluding hydrogens is 477 g/mol. The monoisotopic (exact) mass is 495 g/mol. The maximum Gasteiger partial charge on any atom is 0.317 e. The number of pyridine rings is 1. The number of carbonyl (C=O) groups excluding carboxylic acids is 1. The molecule has 4 rings (SSSR count). The molecule has 0 bridgehead atoms. The van der Waals surface area contributed by atoms with Crippen LogP contribution >= 0.6 is 23.2 Å². The van der Waals surface area contributed by atoms with Gasteiger partial charge < -0.3 is 10.2 Å². The van der Waals surface area contributed by atoms with Gasteiger partial charge in [-0.2, -0.15) is 9.40 Å². The predicted octanol–water partition coefficient (Wildman–Crippen LogP) is 2.19. The average molecular weight is 496 g/mol. The van der Waals surface area contributed by atoms with Crippen LogP contribution in [0.5, 0.6) is 0 Å². The summed E-state index contributed by atoms with van der Waals surface area (Å²) < 4.78 is 28.7. The Balaban J connectivity index is 1.37. The summed E-state index contributed by atoms with van der Waals surface area (Å²) in [5, 5.41) is 7.31. The summed E-state index contributed by atoms with van der Waals surface area (Å²) in [5.41, 5.74) is 0.767. The van der Waals surface area contributed by atoms with Gasteiger partial charge in [0.2, 0.25) is 10.0 Å². The molecule has 168 valence electrons. The summed E-state index contributed by atoms with van der Waals surface area (Å²) >= 11 is 12.0. The van der Waals surface area contributed by atoms with Gasteiger partial charge in [0.1, 0.15) is 17.6 Å². The number of carbonyl (C=O) groups is 1. The first-order chi connectivity index (χ1) is 15.4. The van der Waals surface area contributed by atoms with Crippen LogP contribution in [0.3, 0.4) is 0 Å². The fraction of sp³-hybridized carbons (Fsp3) is 0.263. The maximum atomic E-state index is 12.9. The molecule has 2 amide bonds. The van der Waals surface area contributed by atoms with Crippen molar-refractivity contribution in [2.75, 3.05) is 26.2 Å². The first-order valence-electron chi connectivity index (χ1n) is 9.63. The second-order valence-corrected chi connectivity index (χ2v) is 9.70. The number of hydrogen-bond donors (Lipinski definition) is 1. The summed E-state index contributed by atoms with van der Waals surface area (Å²) in [4.78, 5) is 22.4. The average Bonchev–Trinajstić information content (AvgIpc) is 3.34. The molecule has 1 aliphatic heterocycles. The van der Waals surface area contributed by atoms with Crippen LogP contribution < -0.4 is 5.32 Å². The predicted molar refractivity (Wildman–Crippen MR) is 118 cm³/mol. The van der Waals surface area contributed by atoms with Gasteiger partial charge in [-0.3, -0.25) is 0 Å². The van der Waals surface area contributed by atoms with Gasteiger partial charge in [0, 0.05) is 49.5 Å². The molecule has 10 nitrogen and oxygen atoms in total. The minimum atomic E-state index is -3.82. The number of nitrogens with zero attached hydrogens (tertiary/aromatic N) is 6. The van der Waals surface area contributed by atoms with E-state index in [1.165, 1.54) is 39.8 Å². The minimum absolute atomic E-state index is 0.0400. The molecule has 0 atom stereocenters. The Hall–Kier alpha value is -2.73. The second-order valence-electron chi connectivity index (χ2n) is 6.95. The van der Waals surface area contributed by atoms with Crippen molar-refractivity contribution < 1.29 is 13.2 Å². The SMILES string of the molecule is O=C(NCc1cccnc1-n1cncn1)N1CCN(S(=O)(=O)c2cc(Cl)ccc2Cl)CC1. The van der Waals surface area contributed by atoms with Gasteiger partial charge in [-0.05, 0) is 24.3 Å². The van der Waals surface area contributed by atoms with Crippen LogP contribution in [0, 0.1) is 0 Å². The lowest BCUT2D eigenvalue weighted by Crippen LogP contribution is -2.53. The van der Waals surface area contributed by atoms with E-state index < -0.39 is 10.0 Å². The van der Waals surface area contributed by atoms with Crippen molar-refractivity contribution >= 4 is 39.3 Å². The van der Waals surface area contributed by atoms with Crippen molar-refractivity contribution in [3.63, 3.8) is 0 Å². The summed E-state index contributed by atoms with van der Waals surface area (Å²) in [7, 11) is -3.82. The molecule has 1 fully saturated rings. The highest BCUT2D eigenvalue weighted by molar-refractivity contribution is 7.89. The zero-order valence-electron chi connectivity index (χ0n) is 16.7. The van der Waals surface area contributed by atoms with Gasteiger partial charge in [0.25, 0.3) is 0 Å². The van der Waals surface area contributed by atoms with Gasteiger partial charge in [-0.25, -0.2) is 27.9 Å². The Labute approximate surface area is 194 Å². The lowest BCUT2D eigenvalue weighted by molar-refractivity contribution is 0.172. The fourth-order valence-electron chi connectivity index (χ4n) is 3.32. The van der Waals surface area contributed by atoms with Crippen LogP contribution in [0.15, 0.2) is 54.1 Å². The number of nitrogens with one attached hydrogen (secondary N) is 1. The number of rotatable bonds is 5. The van der Waals surface area contributed by atoms with E-state index in [9.17, 15) is 13.2 Å². The summed E-state index contributed by atoms with van der Waals surface area (Å²) in [6.07, 6.45) is 4.56.